The van der Waals surface area contributed by atoms with Crippen molar-refractivity contribution < 1.29 is 13.2 Å². The fraction of sp³-hybridized carbons (Fsp3) is 0.400. The molecule has 1 aromatic heterocycles. The summed E-state index contributed by atoms with van der Waals surface area (Å²) in [5.41, 5.74) is 0. The van der Waals surface area contributed by atoms with E-state index >= 15 is 0 Å². The highest BCUT2D eigenvalue weighted by Gasteiger charge is 2.25. The van der Waals surface area contributed by atoms with E-state index in [0.29, 0.717) is 0 Å². The molecule has 1 rings (SSSR count). The number of carbonyl (C=O) groups is 1. The molecule has 0 atom stereocenters. The van der Waals surface area contributed by atoms with Gasteiger partial charge in [0.2, 0.25) is 15.9 Å². The van der Waals surface area contributed by atoms with Crippen molar-refractivity contribution in [2.45, 2.75) is 11.8 Å². The summed E-state index contributed by atoms with van der Waals surface area (Å²) < 4.78 is 25.4. The maximum atomic E-state index is 12.2. The first-order chi connectivity index (χ1) is 8.41. The number of aromatic nitrogens is 1. The molecule has 1 N–H and O–H groups in total. The minimum absolute atomic E-state index is 0.0117. The highest BCUT2D eigenvalue weighted by molar-refractivity contribution is 7.89. The summed E-state index contributed by atoms with van der Waals surface area (Å²) >= 11 is 5.60. The standard InChI is InChI=1S/C10H14ClN3O3S/c1-3-14(7-10(15)12-2)18(16,17)8-4-5-9(11)13-6-8/h4-6H,3,7H2,1-2H3,(H,12,15). The van der Waals surface area contributed by atoms with E-state index in [1.165, 1.54) is 25.4 Å². The SMILES string of the molecule is CCN(CC(=O)NC)S(=O)(=O)c1ccc(Cl)nc1. The van der Waals surface area contributed by atoms with E-state index in [-0.39, 0.29) is 29.0 Å². The highest BCUT2D eigenvalue weighted by Crippen LogP contribution is 2.15. The molecule has 8 heteroatoms. The van der Waals surface area contributed by atoms with Gasteiger partial charge in [-0.25, -0.2) is 13.4 Å². The lowest BCUT2D eigenvalue weighted by Crippen LogP contribution is -2.39. The van der Waals surface area contributed by atoms with Crippen molar-refractivity contribution in [1.29, 1.82) is 0 Å². The summed E-state index contributed by atoms with van der Waals surface area (Å²) in [4.78, 5) is 15.0. The molecular weight excluding hydrogens is 278 g/mol. The number of pyridine rings is 1. The Kier molecular flexibility index (Phi) is 5.06. The van der Waals surface area contributed by atoms with Crippen LogP contribution in [0.4, 0.5) is 0 Å². The normalized spacial score (nSPS) is 11.6. The first-order valence-electron chi connectivity index (χ1n) is 5.24. The Morgan fingerprint density at radius 3 is 2.61 bits per heavy atom. The second-order valence-corrected chi connectivity index (χ2v) is 5.75. The van der Waals surface area contributed by atoms with Gasteiger partial charge < -0.3 is 5.32 Å². The van der Waals surface area contributed by atoms with Gasteiger partial charge in [-0.1, -0.05) is 18.5 Å². The molecule has 0 fully saturated rings. The molecule has 0 aliphatic heterocycles. The molecule has 0 aliphatic rings. The Bertz CT molecular complexity index is 516. The third-order valence-corrected chi connectivity index (χ3v) is 4.42. The van der Waals surface area contributed by atoms with Gasteiger partial charge in [0.15, 0.2) is 0 Å². The van der Waals surface area contributed by atoms with Crippen LogP contribution in [0.5, 0.6) is 0 Å². The van der Waals surface area contributed by atoms with Gasteiger partial charge in [0.1, 0.15) is 10.0 Å². The van der Waals surface area contributed by atoms with Gasteiger partial charge in [0.25, 0.3) is 0 Å². The average Bonchev–Trinajstić information content (AvgIpc) is 2.35. The molecule has 1 heterocycles. The second-order valence-electron chi connectivity index (χ2n) is 3.42. The molecule has 0 unspecified atom stereocenters. The van der Waals surface area contributed by atoms with Crippen LogP contribution >= 0.6 is 11.6 Å². The molecule has 0 saturated carbocycles. The lowest BCUT2D eigenvalue weighted by Gasteiger charge is -2.19. The molecule has 0 aliphatic carbocycles. The number of nitrogens with one attached hydrogen (secondary N) is 1. The minimum Gasteiger partial charge on any atom is -0.358 e. The molecule has 0 spiro atoms. The zero-order chi connectivity index (χ0) is 13.8. The fourth-order valence-electron chi connectivity index (χ4n) is 1.27. The summed E-state index contributed by atoms with van der Waals surface area (Å²) in [5, 5.41) is 2.59. The van der Waals surface area contributed by atoms with Gasteiger partial charge in [0.05, 0.1) is 6.54 Å². The zero-order valence-electron chi connectivity index (χ0n) is 10.1. The number of amides is 1. The molecule has 0 aromatic carbocycles. The average molecular weight is 292 g/mol. The number of hydrogen-bond donors (Lipinski definition) is 1. The van der Waals surface area contributed by atoms with Crippen LogP contribution in [0.3, 0.4) is 0 Å². The highest BCUT2D eigenvalue weighted by atomic mass is 35.5. The summed E-state index contributed by atoms with van der Waals surface area (Å²) in [5.74, 6) is -0.373. The minimum atomic E-state index is -3.72. The van der Waals surface area contributed by atoms with Crippen LogP contribution in [-0.4, -0.2) is 43.8 Å². The van der Waals surface area contributed by atoms with Crippen molar-refractivity contribution >= 4 is 27.5 Å². The van der Waals surface area contributed by atoms with Crippen molar-refractivity contribution in [3.63, 3.8) is 0 Å². The Balaban J connectivity index is 3.03. The van der Waals surface area contributed by atoms with Gasteiger partial charge in [-0.3, -0.25) is 4.79 Å². The number of hydrogen-bond acceptors (Lipinski definition) is 4. The third-order valence-electron chi connectivity index (χ3n) is 2.29. The van der Waals surface area contributed by atoms with Gasteiger partial charge in [-0.2, -0.15) is 4.31 Å². The van der Waals surface area contributed by atoms with Gasteiger partial charge in [0, 0.05) is 19.8 Å². The van der Waals surface area contributed by atoms with Crippen LogP contribution < -0.4 is 5.32 Å². The molecule has 1 amide bonds. The van der Waals surface area contributed by atoms with Crippen LogP contribution in [-0.2, 0) is 14.8 Å². The van der Waals surface area contributed by atoms with E-state index in [2.05, 4.69) is 10.3 Å². The van der Waals surface area contributed by atoms with Crippen LogP contribution in [0.15, 0.2) is 23.2 Å². The summed E-state index contributed by atoms with van der Waals surface area (Å²) in [6.45, 7) is 1.63. The molecule has 1 aromatic rings. The molecule has 0 bridgehead atoms. The van der Waals surface area contributed by atoms with Crippen molar-refractivity contribution in [3.05, 3.63) is 23.5 Å². The van der Waals surface area contributed by atoms with Crippen LogP contribution in [0.25, 0.3) is 0 Å². The molecule has 6 nitrogen and oxygen atoms in total. The van der Waals surface area contributed by atoms with Gasteiger partial charge in [-0.05, 0) is 12.1 Å². The Morgan fingerprint density at radius 2 is 2.17 bits per heavy atom. The van der Waals surface area contributed by atoms with E-state index in [1.54, 1.807) is 6.92 Å². The van der Waals surface area contributed by atoms with E-state index < -0.39 is 10.0 Å². The zero-order valence-corrected chi connectivity index (χ0v) is 11.6. The van der Waals surface area contributed by atoms with E-state index in [1.807, 2.05) is 0 Å². The second kappa shape index (κ2) is 6.12. The topological polar surface area (TPSA) is 79.4 Å². The van der Waals surface area contributed by atoms with E-state index in [9.17, 15) is 13.2 Å². The third kappa shape index (κ3) is 3.41. The van der Waals surface area contributed by atoms with Gasteiger partial charge in [-0.15, -0.1) is 0 Å². The summed E-state index contributed by atoms with van der Waals surface area (Å²) in [6, 6.07) is 2.75. The number of rotatable bonds is 5. The molecule has 18 heavy (non-hydrogen) atoms. The fourth-order valence-corrected chi connectivity index (χ4v) is 2.73. The van der Waals surface area contributed by atoms with Crippen molar-refractivity contribution in [2.75, 3.05) is 20.1 Å². The summed E-state index contributed by atoms with van der Waals surface area (Å²) in [7, 11) is -2.27. The van der Waals surface area contributed by atoms with Crippen LogP contribution in [0.1, 0.15) is 6.92 Å². The van der Waals surface area contributed by atoms with Gasteiger partial charge >= 0.3 is 0 Å². The van der Waals surface area contributed by atoms with Crippen LogP contribution in [0, 0.1) is 0 Å². The van der Waals surface area contributed by atoms with Crippen LogP contribution in [0.2, 0.25) is 5.15 Å². The largest absolute Gasteiger partial charge is 0.358 e. The quantitative estimate of drug-likeness (QED) is 0.801. The predicted molar refractivity (Wildman–Crippen MR) is 67.7 cm³/mol. The summed E-state index contributed by atoms with van der Waals surface area (Å²) in [6.07, 6.45) is 1.17. The molecule has 0 radical (unpaired) electrons. The van der Waals surface area contributed by atoms with E-state index in [4.69, 9.17) is 11.6 Å². The van der Waals surface area contributed by atoms with Crippen molar-refractivity contribution in [3.8, 4) is 0 Å². The van der Waals surface area contributed by atoms with Crippen molar-refractivity contribution in [1.82, 2.24) is 14.6 Å². The lowest BCUT2D eigenvalue weighted by molar-refractivity contribution is -0.120. The van der Waals surface area contributed by atoms with Crippen molar-refractivity contribution in [2.24, 2.45) is 0 Å². The number of halogens is 1. The Hall–Kier alpha value is -1.18. The number of sulfonamides is 1. The Morgan fingerprint density at radius 1 is 1.50 bits per heavy atom. The number of nitrogens with zero attached hydrogens (tertiary/aromatic N) is 2. The lowest BCUT2D eigenvalue weighted by atomic mass is 10.5. The first kappa shape index (κ1) is 14.9. The Labute approximate surface area is 111 Å². The molecular formula is C10H14ClN3O3S. The molecule has 100 valence electrons. The monoisotopic (exact) mass is 291 g/mol. The number of likely N-dealkylation sites (N-methyl/N-ethyl adjacent to an activating group) is 2. The number of carbonyl (C=O) groups excluding carboxylic acids is 1. The molecule has 0 saturated heterocycles. The van der Waals surface area contributed by atoms with E-state index in [0.717, 1.165) is 4.31 Å². The first-order valence-corrected chi connectivity index (χ1v) is 7.06. The maximum absolute atomic E-state index is 12.2. The smallest absolute Gasteiger partial charge is 0.245 e. The maximum Gasteiger partial charge on any atom is 0.245 e. The predicted octanol–water partition coefficient (Wildman–Crippen LogP) is 0.492.